The molecule has 0 aliphatic carbocycles. The molecule has 8 nitrogen and oxygen atoms in total. The van der Waals surface area contributed by atoms with Gasteiger partial charge in [-0.05, 0) is 6.07 Å². The first-order valence-electron chi connectivity index (χ1n) is 3.99. The Kier molecular flexibility index (Phi) is 3.14. The Bertz CT molecular complexity index is 470. The molecule has 0 saturated carbocycles. The maximum absolute atomic E-state index is 11.2. The summed E-state index contributed by atoms with van der Waals surface area (Å²) in [6, 6.07) is 3.22. The number of methoxy groups -OCH3 is 1. The van der Waals surface area contributed by atoms with E-state index in [4.69, 9.17) is 0 Å². The molecule has 1 aromatic carbocycles. The Labute approximate surface area is 88.7 Å². The summed E-state index contributed by atoms with van der Waals surface area (Å²) in [7, 11) is 1.03. The quantitative estimate of drug-likeness (QED) is 0.436. The molecule has 0 aromatic heterocycles. The molecule has 0 heterocycles. The number of carbonyl (C=O) groups excluding carboxylic acids is 1. The lowest BCUT2D eigenvalue weighted by molar-refractivity contribution is -0.422. The van der Waals surface area contributed by atoms with Crippen molar-refractivity contribution >= 4 is 17.3 Å². The van der Waals surface area contributed by atoms with Gasteiger partial charge in [0.15, 0.2) is 0 Å². The number of ether oxygens (including phenoxy) is 1. The third kappa shape index (κ3) is 1.95. The zero-order chi connectivity index (χ0) is 12.3. The predicted molar refractivity (Wildman–Crippen MR) is 51.1 cm³/mol. The second-order valence-electron chi connectivity index (χ2n) is 2.68. The van der Waals surface area contributed by atoms with Crippen LogP contribution in [0.4, 0.5) is 11.4 Å². The van der Waals surface area contributed by atoms with Crippen LogP contribution >= 0.6 is 0 Å². The topological polar surface area (TPSA) is 113 Å². The summed E-state index contributed by atoms with van der Waals surface area (Å²) in [6.45, 7) is 0. The summed E-state index contributed by atoms with van der Waals surface area (Å²) in [5, 5.41) is 21.2. The Hall–Kier alpha value is -2.51. The van der Waals surface area contributed by atoms with Gasteiger partial charge in [0.25, 0.3) is 0 Å². The fourth-order valence-corrected chi connectivity index (χ4v) is 1.15. The van der Waals surface area contributed by atoms with Crippen LogP contribution in [0.15, 0.2) is 18.2 Å². The van der Waals surface area contributed by atoms with E-state index in [1.54, 1.807) is 0 Å². The summed E-state index contributed by atoms with van der Waals surface area (Å²) in [5.74, 6) is -0.990. The van der Waals surface area contributed by atoms with Crippen molar-refractivity contribution in [3.63, 3.8) is 0 Å². The van der Waals surface area contributed by atoms with Gasteiger partial charge >= 0.3 is 17.3 Å². The van der Waals surface area contributed by atoms with Crippen LogP contribution in [0.1, 0.15) is 10.4 Å². The van der Waals surface area contributed by atoms with Crippen molar-refractivity contribution in [3.05, 3.63) is 44.0 Å². The highest BCUT2D eigenvalue weighted by Gasteiger charge is 2.31. The molecule has 84 valence electrons. The minimum Gasteiger partial charge on any atom is -0.465 e. The van der Waals surface area contributed by atoms with Crippen LogP contribution < -0.4 is 0 Å². The van der Waals surface area contributed by atoms with E-state index in [-0.39, 0.29) is 0 Å². The number of esters is 1. The number of rotatable bonds is 3. The van der Waals surface area contributed by atoms with Crippen LogP contribution in [-0.4, -0.2) is 22.9 Å². The highest BCUT2D eigenvalue weighted by atomic mass is 16.6. The molecule has 16 heavy (non-hydrogen) atoms. The lowest BCUT2D eigenvalue weighted by Gasteiger charge is -2.00. The van der Waals surface area contributed by atoms with Gasteiger partial charge in [-0.15, -0.1) is 0 Å². The Morgan fingerprint density at radius 1 is 1.25 bits per heavy atom. The Balaban J connectivity index is 3.51. The van der Waals surface area contributed by atoms with E-state index in [0.717, 1.165) is 19.2 Å². The first-order chi connectivity index (χ1) is 7.49. The van der Waals surface area contributed by atoms with Crippen molar-refractivity contribution in [2.45, 2.75) is 0 Å². The maximum atomic E-state index is 11.2. The van der Waals surface area contributed by atoms with Gasteiger partial charge in [0, 0.05) is 6.07 Å². The minimum atomic E-state index is -0.990. The van der Waals surface area contributed by atoms with Crippen molar-refractivity contribution in [3.8, 4) is 0 Å². The molecule has 0 aliphatic heterocycles. The lowest BCUT2D eigenvalue weighted by Crippen LogP contribution is -2.07. The molecule has 0 radical (unpaired) electrons. The van der Waals surface area contributed by atoms with Crippen LogP contribution in [0.5, 0.6) is 0 Å². The number of carbonyl (C=O) groups is 1. The number of para-hydroxylation sites is 1. The molecule has 8 heteroatoms. The molecule has 0 saturated heterocycles. The van der Waals surface area contributed by atoms with E-state index in [1.165, 1.54) is 6.07 Å². The van der Waals surface area contributed by atoms with Crippen LogP contribution in [-0.2, 0) is 4.74 Å². The summed E-state index contributed by atoms with van der Waals surface area (Å²) in [5.41, 5.74) is -2.05. The zero-order valence-corrected chi connectivity index (χ0v) is 8.08. The van der Waals surface area contributed by atoms with E-state index < -0.39 is 32.8 Å². The molecule has 0 aliphatic rings. The SMILES string of the molecule is COC(=O)c1cccc([N+](=O)[O-])c1[N+](=O)[O-]. The van der Waals surface area contributed by atoms with Crippen LogP contribution in [0.3, 0.4) is 0 Å². The van der Waals surface area contributed by atoms with Gasteiger partial charge in [-0.1, -0.05) is 6.07 Å². The van der Waals surface area contributed by atoms with Crippen molar-refractivity contribution in [1.82, 2.24) is 0 Å². The molecule has 0 bridgehead atoms. The van der Waals surface area contributed by atoms with Gasteiger partial charge in [0.1, 0.15) is 5.56 Å². The van der Waals surface area contributed by atoms with Crippen LogP contribution in [0.2, 0.25) is 0 Å². The molecule has 0 spiro atoms. The third-order valence-corrected chi connectivity index (χ3v) is 1.80. The fraction of sp³-hybridized carbons (Fsp3) is 0.125. The fourth-order valence-electron chi connectivity index (χ4n) is 1.15. The highest BCUT2D eigenvalue weighted by molar-refractivity contribution is 5.95. The summed E-state index contributed by atoms with van der Waals surface area (Å²) >= 11 is 0. The third-order valence-electron chi connectivity index (χ3n) is 1.80. The number of hydrogen-bond donors (Lipinski definition) is 0. The van der Waals surface area contributed by atoms with Crippen LogP contribution in [0.25, 0.3) is 0 Å². The van der Waals surface area contributed by atoms with Gasteiger partial charge in [-0.3, -0.25) is 20.2 Å². The largest absolute Gasteiger partial charge is 0.465 e. The van der Waals surface area contributed by atoms with Crippen molar-refractivity contribution in [2.75, 3.05) is 7.11 Å². The second kappa shape index (κ2) is 4.34. The van der Waals surface area contributed by atoms with E-state index in [2.05, 4.69) is 4.74 Å². The van der Waals surface area contributed by atoms with E-state index >= 15 is 0 Å². The normalized spacial score (nSPS) is 9.56. The average Bonchev–Trinajstić information content (AvgIpc) is 2.26. The maximum Gasteiger partial charge on any atom is 0.360 e. The smallest absolute Gasteiger partial charge is 0.360 e. The standard InChI is InChI=1S/C8H6N2O6/c1-16-8(11)5-3-2-4-6(9(12)13)7(5)10(14)15/h2-4H,1H3. The summed E-state index contributed by atoms with van der Waals surface area (Å²) < 4.78 is 4.30. The van der Waals surface area contributed by atoms with Crippen molar-refractivity contribution in [2.24, 2.45) is 0 Å². The van der Waals surface area contributed by atoms with Gasteiger partial charge in [0.2, 0.25) is 0 Å². The van der Waals surface area contributed by atoms with Gasteiger partial charge < -0.3 is 4.74 Å². The number of nitro groups is 2. The van der Waals surface area contributed by atoms with Gasteiger partial charge in [-0.2, -0.15) is 0 Å². The molecule has 0 N–H and O–H groups in total. The second-order valence-corrected chi connectivity index (χ2v) is 2.68. The molecular weight excluding hydrogens is 220 g/mol. The number of benzene rings is 1. The van der Waals surface area contributed by atoms with E-state index in [0.29, 0.717) is 0 Å². The summed E-state index contributed by atoms with van der Waals surface area (Å²) in [4.78, 5) is 30.5. The molecular formula is C8H6N2O6. The molecule has 0 atom stereocenters. The average molecular weight is 226 g/mol. The molecule has 1 aromatic rings. The van der Waals surface area contributed by atoms with Gasteiger partial charge in [-0.25, -0.2) is 4.79 Å². The van der Waals surface area contributed by atoms with Crippen molar-refractivity contribution in [1.29, 1.82) is 0 Å². The minimum absolute atomic E-state index is 0.443. The van der Waals surface area contributed by atoms with E-state index in [1.807, 2.05) is 0 Å². The molecule has 1 rings (SSSR count). The first kappa shape index (κ1) is 11.6. The lowest BCUT2D eigenvalue weighted by atomic mass is 10.1. The number of nitrogens with zero attached hydrogens (tertiary/aromatic N) is 2. The molecule has 0 amide bonds. The van der Waals surface area contributed by atoms with Gasteiger partial charge in [0.05, 0.1) is 17.0 Å². The van der Waals surface area contributed by atoms with Crippen LogP contribution in [0, 0.1) is 20.2 Å². The van der Waals surface area contributed by atoms with E-state index in [9.17, 15) is 25.0 Å². The zero-order valence-electron chi connectivity index (χ0n) is 8.08. The Morgan fingerprint density at radius 2 is 1.88 bits per heavy atom. The molecule has 0 unspecified atom stereocenters. The highest BCUT2D eigenvalue weighted by Crippen LogP contribution is 2.30. The predicted octanol–water partition coefficient (Wildman–Crippen LogP) is 1.29. The van der Waals surface area contributed by atoms with Crippen molar-refractivity contribution < 1.29 is 19.4 Å². The number of nitro benzene ring substituents is 2. The summed E-state index contributed by atoms with van der Waals surface area (Å²) in [6.07, 6.45) is 0. The monoisotopic (exact) mass is 226 g/mol. The molecule has 0 fully saturated rings. The number of hydrogen-bond acceptors (Lipinski definition) is 6. The first-order valence-corrected chi connectivity index (χ1v) is 3.99. The Morgan fingerprint density at radius 3 is 2.31 bits per heavy atom.